The molecule has 0 bridgehead atoms. The van der Waals surface area contributed by atoms with Gasteiger partial charge in [-0.15, -0.1) is 0 Å². The van der Waals surface area contributed by atoms with Gasteiger partial charge in [0.1, 0.15) is 11.3 Å². The van der Waals surface area contributed by atoms with E-state index in [4.69, 9.17) is 4.42 Å². The van der Waals surface area contributed by atoms with Gasteiger partial charge in [0.15, 0.2) is 16.9 Å². The summed E-state index contributed by atoms with van der Waals surface area (Å²) in [4.78, 5) is 34.3. The van der Waals surface area contributed by atoms with E-state index in [-0.39, 0.29) is 43.0 Å². The van der Waals surface area contributed by atoms with Crippen LogP contribution in [0.25, 0.3) is 22.4 Å². The van der Waals surface area contributed by atoms with E-state index in [1.807, 2.05) is 19.9 Å². The van der Waals surface area contributed by atoms with Crippen molar-refractivity contribution < 1.29 is 36.7 Å². The SMILES string of the molecule is CC(C)c1cc(-c2ccc(F)cc2)nc2cc(C(=O)N3CCN(C(=O)[C@H]4C[C@](O)(C(F)(F)F)C4)CC3(C)C)oc12. The molecule has 2 fully saturated rings. The quantitative estimate of drug-likeness (QED) is 0.424. The van der Waals surface area contributed by atoms with Gasteiger partial charge in [0.05, 0.1) is 11.2 Å². The van der Waals surface area contributed by atoms with Crippen molar-refractivity contribution in [2.75, 3.05) is 19.6 Å². The molecule has 2 aliphatic rings. The van der Waals surface area contributed by atoms with Crippen LogP contribution in [0.15, 0.2) is 40.8 Å². The smallest absolute Gasteiger partial charge is 0.417 e. The number of nitrogens with zero attached hydrogens (tertiary/aromatic N) is 3. The van der Waals surface area contributed by atoms with Crippen molar-refractivity contribution in [2.24, 2.45) is 5.92 Å². The number of furan rings is 1. The monoisotopic (exact) mass is 561 g/mol. The topological polar surface area (TPSA) is 86.9 Å². The maximum atomic E-state index is 13.6. The molecule has 3 aromatic rings. The number of carbonyl (C=O) groups excluding carboxylic acids is 2. The van der Waals surface area contributed by atoms with Crippen molar-refractivity contribution in [1.82, 2.24) is 14.8 Å². The number of benzene rings is 1. The van der Waals surface area contributed by atoms with Crippen LogP contribution in [0.1, 0.15) is 62.6 Å². The molecule has 1 saturated heterocycles. The summed E-state index contributed by atoms with van der Waals surface area (Å²) in [5.74, 6) is -1.96. The van der Waals surface area contributed by atoms with Crippen LogP contribution in [0.3, 0.4) is 0 Å². The van der Waals surface area contributed by atoms with E-state index in [1.54, 1.807) is 36.9 Å². The summed E-state index contributed by atoms with van der Waals surface area (Å²) >= 11 is 0. The molecule has 0 unspecified atom stereocenters. The molecule has 7 nitrogen and oxygen atoms in total. The van der Waals surface area contributed by atoms with Crippen LogP contribution < -0.4 is 0 Å². The van der Waals surface area contributed by atoms with E-state index in [2.05, 4.69) is 4.98 Å². The second kappa shape index (κ2) is 9.57. The lowest BCUT2D eigenvalue weighted by Gasteiger charge is -2.50. The van der Waals surface area contributed by atoms with Crippen molar-refractivity contribution in [3.8, 4) is 11.3 Å². The van der Waals surface area contributed by atoms with Crippen LogP contribution in [0.4, 0.5) is 17.6 Å². The van der Waals surface area contributed by atoms with E-state index < -0.39 is 42.0 Å². The molecule has 40 heavy (non-hydrogen) atoms. The first-order valence-corrected chi connectivity index (χ1v) is 13.2. The number of carbonyl (C=O) groups is 2. The first kappa shape index (κ1) is 28.1. The number of amides is 2. The summed E-state index contributed by atoms with van der Waals surface area (Å²) < 4.78 is 58.5. The molecule has 2 amide bonds. The van der Waals surface area contributed by atoms with Gasteiger partial charge in [-0.25, -0.2) is 9.37 Å². The van der Waals surface area contributed by atoms with Crippen LogP contribution >= 0.6 is 0 Å². The Hall–Kier alpha value is -3.47. The predicted octanol–water partition coefficient (Wildman–Crippen LogP) is 5.52. The third-order valence-electron chi connectivity index (χ3n) is 7.98. The van der Waals surface area contributed by atoms with Gasteiger partial charge in [-0.3, -0.25) is 9.59 Å². The minimum Gasteiger partial charge on any atom is -0.449 e. The summed E-state index contributed by atoms with van der Waals surface area (Å²) in [6, 6.07) is 9.43. The summed E-state index contributed by atoms with van der Waals surface area (Å²) in [6.45, 7) is 7.99. The minimum absolute atomic E-state index is 0.0475. The largest absolute Gasteiger partial charge is 0.449 e. The molecule has 0 radical (unpaired) electrons. The molecule has 11 heteroatoms. The average molecular weight is 562 g/mol. The zero-order valence-corrected chi connectivity index (χ0v) is 22.7. The molecule has 0 spiro atoms. The van der Waals surface area contributed by atoms with Gasteiger partial charge >= 0.3 is 6.18 Å². The van der Waals surface area contributed by atoms with Crippen LogP contribution in [-0.2, 0) is 4.79 Å². The molecule has 214 valence electrons. The van der Waals surface area contributed by atoms with Gasteiger partial charge in [0, 0.05) is 42.7 Å². The fourth-order valence-corrected chi connectivity index (χ4v) is 5.62. The zero-order chi connectivity index (χ0) is 29.2. The van der Waals surface area contributed by atoms with E-state index in [9.17, 15) is 32.3 Å². The average Bonchev–Trinajstić information content (AvgIpc) is 3.28. The predicted molar refractivity (Wildman–Crippen MR) is 139 cm³/mol. The van der Waals surface area contributed by atoms with Crippen molar-refractivity contribution >= 4 is 22.9 Å². The second-order valence-corrected chi connectivity index (χ2v) is 11.7. The summed E-state index contributed by atoms with van der Waals surface area (Å²) in [6.07, 6.45) is -6.08. The highest BCUT2D eigenvalue weighted by molar-refractivity contribution is 5.97. The Balaban J connectivity index is 1.35. The van der Waals surface area contributed by atoms with E-state index in [0.717, 1.165) is 11.1 Å². The number of halogens is 4. The lowest BCUT2D eigenvalue weighted by Crippen LogP contribution is -2.65. The maximum absolute atomic E-state index is 13.6. The number of aliphatic hydroxyl groups is 1. The Morgan fingerprint density at radius 2 is 1.75 bits per heavy atom. The molecule has 1 N–H and O–H groups in total. The first-order chi connectivity index (χ1) is 18.6. The maximum Gasteiger partial charge on any atom is 0.417 e. The number of rotatable bonds is 4. The molecule has 1 aliphatic carbocycles. The third-order valence-corrected chi connectivity index (χ3v) is 7.98. The van der Waals surface area contributed by atoms with Gasteiger partial charge in [-0.05, 0) is 62.9 Å². The number of aromatic nitrogens is 1. The lowest BCUT2D eigenvalue weighted by atomic mass is 9.69. The Morgan fingerprint density at radius 1 is 1.10 bits per heavy atom. The van der Waals surface area contributed by atoms with Crippen molar-refractivity contribution in [1.29, 1.82) is 0 Å². The number of alkyl halides is 3. The number of pyridine rings is 1. The van der Waals surface area contributed by atoms with Crippen LogP contribution in [0, 0.1) is 11.7 Å². The van der Waals surface area contributed by atoms with Crippen molar-refractivity contribution in [3.05, 3.63) is 53.5 Å². The molecule has 1 saturated carbocycles. The molecule has 1 aromatic carbocycles. The lowest BCUT2D eigenvalue weighted by molar-refractivity contribution is -0.297. The van der Waals surface area contributed by atoms with Gasteiger partial charge < -0.3 is 19.3 Å². The van der Waals surface area contributed by atoms with E-state index in [1.165, 1.54) is 17.0 Å². The molecule has 5 rings (SSSR count). The highest BCUT2D eigenvalue weighted by Crippen LogP contribution is 2.49. The standard InChI is InChI=1S/C29H31F4N3O4/c1-16(2)20-11-21(17-5-7-19(30)8-6-17)34-22-12-23(40-24(20)22)26(38)36-10-9-35(15-27(36,3)4)25(37)18-13-28(39,14-18)29(31,32)33/h5-8,11-12,16,18,39H,9-10,13-15H2,1-4H3/t18-,28+. The number of fused-ring (bicyclic) bond motifs is 1. The molecular weight excluding hydrogens is 530 g/mol. The van der Waals surface area contributed by atoms with E-state index >= 15 is 0 Å². The third kappa shape index (κ3) is 4.84. The molecule has 3 heterocycles. The number of piperazine rings is 1. The van der Waals surface area contributed by atoms with Crippen LogP contribution in [-0.4, -0.2) is 68.7 Å². The fourth-order valence-electron chi connectivity index (χ4n) is 5.62. The molecule has 0 atom stereocenters. The van der Waals surface area contributed by atoms with Gasteiger partial charge in [0.2, 0.25) is 5.91 Å². The summed E-state index contributed by atoms with van der Waals surface area (Å²) in [7, 11) is 0. The number of hydrogen-bond donors (Lipinski definition) is 1. The highest BCUT2D eigenvalue weighted by Gasteiger charge is 2.63. The zero-order valence-electron chi connectivity index (χ0n) is 22.7. The summed E-state index contributed by atoms with van der Waals surface area (Å²) in [5.41, 5.74) is -0.487. The van der Waals surface area contributed by atoms with Gasteiger partial charge in [-0.2, -0.15) is 13.2 Å². The highest BCUT2D eigenvalue weighted by atomic mass is 19.4. The van der Waals surface area contributed by atoms with Crippen LogP contribution in [0.5, 0.6) is 0 Å². The Labute approximate surface area is 228 Å². The van der Waals surface area contributed by atoms with E-state index in [0.29, 0.717) is 16.8 Å². The fraction of sp³-hybridized carbons (Fsp3) is 0.483. The second-order valence-electron chi connectivity index (χ2n) is 11.7. The normalized spacial score (nSPS) is 23.0. The minimum atomic E-state index is -4.77. The van der Waals surface area contributed by atoms with Gasteiger partial charge in [0.25, 0.3) is 5.91 Å². The Bertz CT molecular complexity index is 1460. The van der Waals surface area contributed by atoms with Crippen molar-refractivity contribution in [2.45, 2.75) is 63.8 Å². The Morgan fingerprint density at radius 3 is 2.33 bits per heavy atom. The first-order valence-electron chi connectivity index (χ1n) is 13.2. The van der Waals surface area contributed by atoms with Gasteiger partial charge in [-0.1, -0.05) is 13.8 Å². The number of hydrogen-bond acceptors (Lipinski definition) is 5. The van der Waals surface area contributed by atoms with Crippen LogP contribution in [0.2, 0.25) is 0 Å². The molecule has 2 aromatic heterocycles. The Kier molecular flexibility index (Phi) is 6.72. The van der Waals surface area contributed by atoms with Crippen molar-refractivity contribution in [3.63, 3.8) is 0 Å². The summed E-state index contributed by atoms with van der Waals surface area (Å²) in [5, 5.41) is 9.74. The molecule has 1 aliphatic heterocycles. The molecular formula is C29H31F4N3O4.